The molecule has 0 saturated carbocycles. The number of aliphatic hydroxyl groups is 1. The maximum atomic E-state index is 11.8. The van der Waals surface area contributed by atoms with E-state index in [1.54, 1.807) is 20.9 Å². The minimum atomic E-state index is -3.03. The van der Waals surface area contributed by atoms with Gasteiger partial charge in [0.25, 0.3) is 0 Å². The molecule has 0 spiro atoms. The molecule has 108 valence electrons. The van der Waals surface area contributed by atoms with Crippen molar-refractivity contribution < 1.29 is 13.5 Å². The molecule has 8 heteroatoms. The summed E-state index contributed by atoms with van der Waals surface area (Å²) in [6.07, 6.45) is 0. The Morgan fingerprint density at radius 1 is 1.50 bits per heavy atom. The zero-order valence-corrected chi connectivity index (χ0v) is 14.2. The molecule has 1 saturated heterocycles. The van der Waals surface area contributed by atoms with Crippen molar-refractivity contribution in [3.05, 3.63) is 0 Å². The first kappa shape index (κ1) is 17.9. The quantitative estimate of drug-likeness (QED) is 0.383. The number of nitrogens with zero attached hydrogens (tertiary/aromatic N) is 2. The third-order valence-corrected chi connectivity index (χ3v) is 5.48. The van der Waals surface area contributed by atoms with E-state index in [-0.39, 0.29) is 36.3 Å². The van der Waals surface area contributed by atoms with Crippen molar-refractivity contribution in [3.8, 4) is 0 Å². The van der Waals surface area contributed by atoms with Gasteiger partial charge >= 0.3 is 0 Å². The van der Waals surface area contributed by atoms with E-state index in [9.17, 15) is 8.42 Å². The maximum Gasteiger partial charge on any atom is 0.193 e. The molecule has 0 aromatic rings. The molecule has 0 atom stereocenters. The minimum absolute atomic E-state index is 0. The summed E-state index contributed by atoms with van der Waals surface area (Å²) in [6.45, 7) is 4.75. The molecule has 2 N–H and O–H groups in total. The first-order valence-corrected chi connectivity index (χ1v) is 7.28. The maximum absolute atomic E-state index is 11.8. The van der Waals surface area contributed by atoms with Crippen molar-refractivity contribution in [1.82, 2.24) is 10.2 Å². The second-order valence-corrected chi connectivity index (χ2v) is 7.44. The predicted octanol–water partition coefficient (Wildman–Crippen LogP) is -0.319. The van der Waals surface area contributed by atoms with E-state index >= 15 is 0 Å². The van der Waals surface area contributed by atoms with Crippen molar-refractivity contribution >= 4 is 39.8 Å². The van der Waals surface area contributed by atoms with Crippen molar-refractivity contribution in [2.24, 2.45) is 4.99 Å². The number of nitrogens with one attached hydrogen (secondary N) is 1. The Morgan fingerprint density at radius 2 is 2.11 bits per heavy atom. The van der Waals surface area contributed by atoms with E-state index in [4.69, 9.17) is 5.11 Å². The Hall–Kier alpha value is -0.0900. The molecule has 6 nitrogen and oxygen atoms in total. The molecule has 1 aliphatic rings. The van der Waals surface area contributed by atoms with Crippen LogP contribution in [-0.4, -0.2) is 68.2 Å². The summed E-state index contributed by atoms with van der Waals surface area (Å²) in [4.78, 5) is 6.00. The molecule has 1 rings (SSSR count). The lowest BCUT2D eigenvalue weighted by atomic mass is 10.2. The van der Waals surface area contributed by atoms with Crippen LogP contribution in [0, 0.1) is 0 Å². The van der Waals surface area contributed by atoms with Gasteiger partial charge in [-0.1, -0.05) is 0 Å². The number of aliphatic hydroxyl groups excluding tert-OH is 1. The van der Waals surface area contributed by atoms with E-state index < -0.39 is 14.6 Å². The lowest BCUT2D eigenvalue weighted by molar-refractivity contribution is 0.294. The average molecular weight is 391 g/mol. The van der Waals surface area contributed by atoms with Crippen molar-refractivity contribution in [3.63, 3.8) is 0 Å². The second-order valence-electron chi connectivity index (χ2n) is 4.70. The highest BCUT2D eigenvalue weighted by Crippen LogP contribution is 2.23. The SMILES string of the molecule is CN=C(NCCO)N1CCS(=O)(=O)C(C)(C)C1.I. The Labute approximate surface area is 126 Å². The fourth-order valence-corrected chi connectivity index (χ4v) is 3.19. The number of hydrogen-bond donors (Lipinski definition) is 2. The summed E-state index contributed by atoms with van der Waals surface area (Å²) in [5, 5.41) is 11.7. The topological polar surface area (TPSA) is 82.0 Å². The third-order valence-electron chi connectivity index (χ3n) is 2.95. The molecule has 0 unspecified atom stereocenters. The van der Waals surface area contributed by atoms with Crippen LogP contribution in [0.4, 0.5) is 0 Å². The van der Waals surface area contributed by atoms with Gasteiger partial charge in [-0.15, -0.1) is 24.0 Å². The highest BCUT2D eigenvalue weighted by Gasteiger charge is 2.40. The standard InChI is InChI=1S/C10H21N3O3S.HI/c1-10(2)8-13(5-7-17(10,15)16)9(11-3)12-4-6-14;/h14H,4-8H2,1-3H3,(H,11,12);1H. The van der Waals surface area contributed by atoms with Crippen LogP contribution < -0.4 is 5.32 Å². The number of hydrogen-bond acceptors (Lipinski definition) is 4. The molecule has 0 radical (unpaired) electrons. The molecule has 1 heterocycles. The molecule has 0 bridgehead atoms. The number of rotatable bonds is 2. The van der Waals surface area contributed by atoms with Crippen LogP contribution in [0.5, 0.6) is 0 Å². The van der Waals surface area contributed by atoms with Crippen molar-refractivity contribution in [2.45, 2.75) is 18.6 Å². The van der Waals surface area contributed by atoms with Crippen molar-refractivity contribution in [2.75, 3.05) is 39.0 Å². The average Bonchev–Trinajstić information content (AvgIpc) is 2.24. The minimum Gasteiger partial charge on any atom is -0.395 e. The highest BCUT2D eigenvalue weighted by atomic mass is 127. The Morgan fingerprint density at radius 3 is 2.56 bits per heavy atom. The Balaban J connectivity index is 0.00000289. The van der Waals surface area contributed by atoms with Gasteiger partial charge in [-0.25, -0.2) is 8.42 Å². The van der Waals surface area contributed by atoms with Gasteiger partial charge in [0.2, 0.25) is 0 Å². The van der Waals surface area contributed by atoms with Crippen molar-refractivity contribution in [1.29, 1.82) is 0 Å². The fourth-order valence-electron chi connectivity index (χ4n) is 1.82. The zero-order chi connectivity index (χ0) is 13.1. The van der Waals surface area contributed by atoms with Crippen LogP contribution in [0.2, 0.25) is 0 Å². The first-order chi connectivity index (χ1) is 7.84. The van der Waals surface area contributed by atoms with Crippen LogP contribution in [0.3, 0.4) is 0 Å². The van der Waals surface area contributed by atoms with Crippen LogP contribution in [0.15, 0.2) is 4.99 Å². The van der Waals surface area contributed by atoms with E-state index in [0.29, 0.717) is 25.6 Å². The van der Waals surface area contributed by atoms with Gasteiger partial charge in [-0.05, 0) is 13.8 Å². The van der Waals surface area contributed by atoms with Crippen LogP contribution >= 0.6 is 24.0 Å². The monoisotopic (exact) mass is 391 g/mol. The lowest BCUT2D eigenvalue weighted by Crippen LogP contribution is -2.57. The first-order valence-electron chi connectivity index (χ1n) is 5.63. The number of aliphatic imine (C=N–C) groups is 1. The number of halogens is 1. The molecular weight excluding hydrogens is 369 g/mol. The van der Waals surface area contributed by atoms with Gasteiger partial charge in [0, 0.05) is 26.7 Å². The van der Waals surface area contributed by atoms with Gasteiger partial charge in [-0.3, -0.25) is 4.99 Å². The molecular formula is C10H22IN3O3S. The van der Waals surface area contributed by atoms with E-state index in [2.05, 4.69) is 10.3 Å². The summed E-state index contributed by atoms with van der Waals surface area (Å²) in [5.41, 5.74) is 0. The normalized spacial score (nSPS) is 22.2. The summed E-state index contributed by atoms with van der Waals surface area (Å²) in [6, 6.07) is 0. The molecule has 0 aliphatic carbocycles. The third kappa shape index (κ3) is 3.95. The highest BCUT2D eigenvalue weighted by molar-refractivity contribution is 14.0. The molecule has 0 aromatic heterocycles. The number of sulfone groups is 1. The van der Waals surface area contributed by atoms with E-state index in [1.807, 2.05) is 4.90 Å². The van der Waals surface area contributed by atoms with E-state index in [1.165, 1.54) is 0 Å². The Bertz CT molecular complexity index is 395. The van der Waals surface area contributed by atoms with Gasteiger partial charge in [0.05, 0.1) is 17.1 Å². The Kier molecular flexibility index (Phi) is 6.86. The molecule has 18 heavy (non-hydrogen) atoms. The number of guanidine groups is 1. The summed E-state index contributed by atoms with van der Waals surface area (Å²) in [7, 11) is -1.38. The predicted molar refractivity (Wildman–Crippen MR) is 83.3 cm³/mol. The fraction of sp³-hybridized carbons (Fsp3) is 0.900. The van der Waals surface area contributed by atoms with Gasteiger partial charge < -0.3 is 15.3 Å². The molecule has 1 fully saturated rings. The molecule has 1 aliphatic heterocycles. The summed E-state index contributed by atoms with van der Waals surface area (Å²) in [5.74, 6) is 0.779. The van der Waals surface area contributed by atoms with Gasteiger partial charge in [-0.2, -0.15) is 0 Å². The summed E-state index contributed by atoms with van der Waals surface area (Å²) < 4.78 is 22.9. The van der Waals surface area contributed by atoms with Gasteiger partial charge in [0.15, 0.2) is 15.8 Å². The second kappa shape index (κ2) is 6.90. The van der Waals surface area contributed by atoms with E-state index in [0.717, 1.165) is 0 Å². The molecule has 0 aromatic carbocycles. The zero-order valence-electron chi connectivity index (χ0n) is 11.0. The van der Waals surface area contributed by atoms with Crippen LogP contribution in [0.1, 0.15) is 13.8 Å². The smallest absolute Gasteiger partial charge is 0.193 e. The van der Waals surface area contributed by atoms with Gasteiger partial charge in [0.1, 0.15) is 0 Å². The largest absolute Gasteiger partial charge is 0.395 e. The van der Waals surface area contributed by atoms with Crippen LogP contribution in [0.25, 0.3) is 0 Å². The van der Waals surface area contributed by atoms with Crippen LogP contribution in [-0.2, 0) is 9.84 Å². The summed E-state index contributed by atoms with van der Waals surface area (Å²) >= 11 is 0. The molecule has 0 amide bonds. The lowest BCUT2D eigenvalue weighted by Gasteiger charge is -2.39.